The van der Waals surface area contributed by atoms with Gasteiger partial charge in [-0.25, -0.2) is 0 Å². The number of amides is 1. The van der Waals surface area contributed by atoms with E-state index in [0.717, 1.165) is 49.2 Å². The molecule has 0 bridgehead atoms. The van der Waals surface area contributed by atoms with Crippen LogP contribution in [0.15, 0.2) is 16.7 Å². The van der Waals surface area contributed by atoms with Gasteiger partial charge in [-0.05, 0) is 41.3 Å². The SMILES string of the molecule is CCCn1cc(Br)cc1C(=O)NC1CCOCC1. The Hall–Kier alpha value is -0.810. The van der Waals surface area contributed by atoms with Crippen molar-refractivity contribution < 1.29 is 9.53 Å². The minimum atomic E-state index is 0.0149. The number of hydrogen-bond donors (Lipinski definition) is 1. The fourth-order valence-electron chi connectivity index (χ4n) is 2.19. The molecule has 1 amide bonds. The first-order valence-corrected chi connectivity index (χ1v) is 7.24. The lowest BCUT2D eigenvalue weighted by Gasteiger charge is -2.23. The molecule has 1 aromatic rings. The lowest BCUT2D eigenvalue weighted by atomic mass is 10.1. The fraction of sp³-hybridized carbons (Fsp3) is 0.615. The van der Waals surface area contributed by atoms with E-state index in [4.69, 9.17) is 4.74 Å². The second kappa shape index (κ2) is 6.38. The Bertz CT molecular complexity index is 411. The van der Waals surface area contributed by atoms with Crippen LogP contribution in [0.2, 0.25) is 0 Å². The number of nitrogens with one attached hydrogen (secondary N) is 1. The molecule has 1 aliphatic rings. The van der Waals surface area contributed by atoms with Gasteiger partial charge in [0.1, 0.15) is 5.69 Å². The quantitative estimate of drug-likeness (QED) is 0.928. The number of halogens is 1. The fourth-order valence-corrected chi connectivity index (χ4v) is 2.66. The minimum Gasteiger partial charge on any atom is -0.381 e. The Morgan fingerprint density at radius 3 is 2.94 bits per heavy atom. The molecule has 100 valence electrons. The molecule has 0 spiro atoms. The summed E-state index contributed by atoms with van der Waals surface area (Å²) in [4.78, 5) is 12.2. The highest BCUT2D eigenvalue weighted by molar-refractivity contribution is 9.10. The van der Waals surface area contributed by atoms with Crippen LogP contribution in [-0.2, 0) is 11.3 Å². The molecule has 4 nitrogen and oxygen atoms in total. The maximum Gasteiger partial charge on any atom is 0.268 e. The van der Waals surface area contributed by atoms with Crippen LogP contribution in [0, 0.1) is 0 Å². The Kier molecular flexibility index (Phi) is 4.83. The summed E-state index contributed by atoms with van der Waals surface area (Å²) in [6.07, 6.45) is 4.78. The van der Waals surface area contributed by atoms with Gasteiger partial charge in [-0.1, -0.05) is 6.92 Å². The van der Waals surface area contributed by atoms with Crippen molar-refractivity contribution in [2.75, 3.05) is 13.2 Å². The van der Waals surface area contributed by atoms with Gasteiger partial charge in [0.2, 0.25) is 0 Å². The summed E-state index contributed by atoms with van der Waals surface area (Å²) < 4.78 is 8.24. The second-order valence-corrected chi connectivity index (χ2v) is 5.51. The van der Waals surface area contributed by atoms with Gasteiger partial charge in [0.25, 0.3) is 5.91 Å². The van der Waals surface area contributed by atoms with Gasteiger partial charge in [-0.15, -0.1) is 0 Å². The molecule has 1 aromatic heterocycles. The van der Waals surface area contributed by atoms with Gasteiger partial charge in [-0.2, -0.15) is 0 Å². The van der Waals surface area contributed by atoms with Gasteiger partial charge < -0.3 is 14.6 Å². The van der Waals surface area contributed by atoms with Crippen LogP contribution < -0.4 is 5.32 Å². The zero-order valence-electron chi connectivity index (χ0n) is 10.6. The van der Waals surface area contributed by atoms with E-state index in [9.17, 15) is 4.79 Å². The monoisotopic (exact) mass is 314 g/mol. The summed E-state index contributed by atoms with van der Waals surface area (Å²) in [6.45, 7) is 4.45. The zero-order chi connectivity index (χ0) is 13.0. The number of ether oxygens (including phenoxy) is 1. The van der Waals surface area contributed by atoms with Crippen molar-refractivity contribution in [3.8, 4) is 0 Å². The van der Waals surface area contributed by atoms with Crippen LogP contribution in [0.1, 0.15) is 36.7 Å². The highest BCUT2D eigenvalue weighted by Crippen LogP contribution is 2.16. The lowest BCUT2D eigenvalue weighted by Crippen LogP contribution is -2.39. The molecular formula is C13H19BrN2O2. The van der Waals surface area contributed by atoms with E-state index in [1.165, 1.54) is 0 Å². The predicted octanol–water partition coefficient (Wildman–Crippen LogP) is 2.57. The first-order valence-electron chi connectivity index (χ1n) is 6.45. The summed E-state index contributed by atoms with van der Waals surface area (Å²) in [6, 6.07) is 2.12. The molecular weight excluding hydrogens is 296 g/mol. The summed E-state index contributed by atoms with van der Waals surface area (Å²) in [7, 11) is 0. The van der Waals surface area contributed by atoms with Crippen molar-refractivity contribution in [2.24, 2.45) is 0 Å². The average Bonchev–Trinajstić information content (AvgIpc) is 2.72. The summed E-state index contributed by atoms with van der Waals surface area (Å²) >= 11 is 3.43. The molecule has 0 unspecified atom stereocenters. The van der Waals surface area contributed by atoms with Crippen molar-refractivity contribution in [3.63, 3.8) is 0 Å². The Balaban J connectivity index is 2.03. The molecule has 1 aliphatic heterocycles. The van der Waals surface area contributed by atoms with E-state index in [1.54, 1.807) is 0 Å². The molecule has 0 aliphatic carbocycles. The molecule has 5 heteroatoms. The molecule has 1 fully saturated rings. The number of aromatic nitrogens is 1. The van der Waals surface area contributed by atoms with Crippen molar-refractivity contribution in [1.82, 2.24) is 9.88 Å². The maximum absolute atomic E-state index is 12.2. The molecule has 2 rings (SSSR count). The average molecular weight is 315 g/mol. The van der Waals surface area contributed by atoms with E-state index in [2.05, 4.69) is 28.2 Å². The summed E-state index contributed by atoms with van der Waals surface area (Å²) in [5.74, 6) is 0.0149. The Morgan fingerprint density at radius 2 is 2.28 bits per heavy atom. The van der Waals surface area contributed by atoms with E-state index in [0.29, 0.717) is 0 Å². The zero-order valence-corrected chi connectivity index (χ0v) is 12.2. The molecule has 0 aromatic carbocycles. The van der Waals surface area contributed by atoms with Crippen molar-refractivity contribution in [1.29, 1.82) is 0 Å². The topological polar surface area (TPSA) is 43.3 Å². The Labute approximate surface area is 116 Å². The van der Waals surface area contributed by atoms with Crippen molar-refractivity contribution in [3.05, 3.63) is 22.4 Å². The third kappa shape index (κ3) is 3.36. The molecule has 0 radical (unpaired) electrons. The van der Waals surface area contributed by atoms with Gasteiger partial charge in [0.05, 0.1) is 0 Å². The van der Waals surface area contributed by atoms with Crippen molar-refractivity contribution >= 4 is 21.8 Å². The highest BCUT2D eigenvalue weighted by Gasteiger charge is 2.19. The van der Waals surface area contributed by atoms with Crippen LogP contribution >= 0.6 is 15.9 Å². The van der Waals surface area contributed by atoms with Gasteiger partial charge >= 0.3 is 0 Å². The second-order valence-electron chi connectivity index (χ2n) is 4.60. The van der Waals surface area contributed by atoms with Gasteiger partial charge in [0.15, 0.2) is 0 Å². The van der Waals surface area contributed by atoms with Crippen LogP contribution in [-0.4, -0.2) is 29.7 Å². The van der Waals surface area contributed by atoms with E-state index >= 15 is 0 Å². The minimum absolute atomic E-state index is 0.0149. The first-order chi connectivity index (χ1) is 8.70. The molecule has 18 heavy (non-hydrogen) atoms. The highest BCUT2D eigenvalue weighted by atomic mass is 79.9. The van der Waals surface area contributed by atoms with Gasteiger partial charge in [-0.3, -0.25) is 4.79 Å². The summed E-state index contributed by atoms with van der Waals surface area (Å²) in [5, 5.41) is 3.09. The Morgan fingerprint density at radius 1 is 1.56 bits per heavy atom. The van der Waals surface area contributed by atoms with Gasteiger partial charge in [0, 0.05) is 36.5 Å². The number of nitrogens with zero attached hydrogens (tertiary/aromatic N) is 1. The molecule has 0 saturated carbocycles. The van der Waals surface area contributed by atoms with E-state index in [1.807, 2.05) is 16.8 Å². The molecule has 1 saturated heterocycles. The molecule has 0 atom stereocenters. The number of rotatable bonds is 4. The largest absolute Gasteiger partial charge is 0.381 e. The summed E-state index contributed by atoms with van der Waals surface area (Å²) in [5.41, 5.74) is 0.732. The third-order valence-corrected chi connectivity index (χ3v) is 3.55. The number of aryl methyl sites for hydroxylation is 1. The first kappa shape index (κ1) is 13.6. The van der Waals surface area contributed by atoms with Crippen LogP contribution in [0.25, 0.3) is 0 Å². The molecule has 2 heterocycles. The van der Waals surface area contributed by atoms with Crippen LogP contribution in [0.4, 0.5) is 0 Å². The number of carbonyl (C=O) groups is 1. The van der Waals surface area contributed by atoms with Crippen molar-refractivity contribution in [2.45, 2.75) is 38.8 Å². The normalized spacial score (nSPS) is 16.8. The maximum atomic E-state index is 12.2. The predicted molar refractivity (Wildman–Crippen MR) is 73.7 cm³/mol. The lowest BCUT2D eigenvalue weighted by molar-refractivity contribution is 0.0692. The smallest absolute Gasteiger partial charge is 0.268 e. The third-order valence-electron chi connectivity index (χ3n) is 3.12. The number of carbonyl (C=O) groups excluding carboxylic acids is 1. The van der Waals surface area contributed by atoms with E-state index < -0.39 is 0 Å². The molecule has 1 N–H and O–H groups in total. The van der Waals surface area contributed by atoms with Crippen LogP contribution in [0.5, 0.6) is 0 Å². The van der Waals surface area contributed by atoms with E-state index in [-0.39, 0.29) is 11.9 Å². The van der Waals surface area contributed by atoms with Crippen LogP contribution in [0.3, 0.4) is 0 Å². The number of hydrogen-bond acceptors (Lipinski definition) is 2. The standard InChI is InChI=1S/C13H19BrN2O2/c1-2-5-16-9-10(14)8-12(16)13(17)15-11-3-6-18-7-4-11/h8-9,11H,2-7H2,1H3,(H,15,17).